The molecule has 0 saturated carbocycles. The molecule has 0 unspecified atom stereocenters. The maximum atomic E-state index is 11.7. The number of carbonyl (C=O) groups is 1. The van der Waals surface area contributed by atoms with E-state index in [1.165, 1.54) is 6.08 Å². The minimum atomic E-state index is -0.496. The number of esters is 1. The van der Waals surface area contributed by atoms with Crippen LogP contribution in [0.4, 0.5) is 0 Å². The van der Waals surface area contributed by atoms with E-state index in [1.807, 2.05) is 45.0 Å². The molecular formula is C18H24O5. The molecular weight excluding hydrogens is 296 g/mol. The fraction of sp³-hybridized carbons (Fsp3) is 0.500. The lowest BCUT2D eigenvalue weighted by atomic mass is 10.1. The fourth-order valence-corrected chi connectivity index (χ4v) is 2.16. The zero-order chi connectivity index (χ0) is 16.9. The van der Waals surface area contributed by atoms with Crippen molar-refractivity contribution in [2.24, 2.45) is 0 Å². The van der Waals surface area contributed by atoms with E-state index in [-0.39, 0.29) is 12.1 Å². The van der Waals surface area contributed by atoms with Crippen molar-refractivity contribution in [1.82, 2.24) is 0 Å². The van der Waals surface area contributed by atoms with Crippen LogP contribution in [0.2, 0.25) is 0 Å². The second-order valence-corrected chi connectivity index (χ2v) is 6.33. The van der Waals surface area contributed by atoms with Gasteiger partial charge in [-0.1, -0.05) is 12.1 Å². The maximum Gasteiger partial charge on any atom is 0.331 e. The topological polar surface area (TPSA) is 54.0 Å². The summed E-state index contributed by atoms with van der Waals surface area (Å²) in [5.41, 5.74) is 0.421. The van der Waals surface area contributed by atoms with Gasteiger partial charge in [-0.2, -0.15) is 0 Å². The Morgan fingerprint density at radius 2 is 1.96 bits per heavy atom. The number of benzene rings is 1. The quantitative estimate of drug-likeness (QED) is 0.629. The standard InChI is InChI=1S/C18H24O5/c1-18(2,3)23-16(19)10-9-15-11-12-21-17(22-15)13-5-7-14(20-4)8-6-13/h5-10,15,17H,11-12H2,1-4H3/b10-9+/t15-,17+/m1/s1. The Morgan fingerprint density at radius 3 is 2.57 bits per heavy atom. The van der Waals surface area contributed by atoms with Crippen molar-refractivity contribution in [2.45, 2.75) is 45.2 Å². The van der Waals surface area contributed by atoms with Crippen molar-refractivity contribution in [1.29, 1.82) is 0 Å². The first-order chi connectivity index (χ1) is 10.9. The summed E-state index contributed by atoms with van der Waals surface area (Å²) in [5, 5.41) is 0. The van der Waals surface area contributed by atoms with Crippen LogP contribution in [0.15, 0.2) is 36.4 Å². The van der Waals surface area contributed by atoms with Gasteiger partial charge in [-0.15, -0.1) is 0 Å². The first-order valence-electron chi connectivity index (χ1n) is 7.69. The van der Waals surface area contributed by atoms with Crippen LogP contribution in [0.1, 0.15) is 39.0 Å². The molecule has 23 heavy (non-hydrogen) atoms. The van der Waals surface area contributed by atoms with Gasteiger partial charge in [0.2, 0.25) is 0 Å². The highest BCUT2D eigenvalue weighted by molar-refractivity contribution is 5.82. The van der Waals surface area contributed by atoms with Crippen molar-refractivity contribution < 1.29 is 23.7 Å². The molecule has 126 valence electrons. The predicted octanol–water partition coefficient (Wildman–Crippen LogP) is 3.40. The van der Waals surface area contributed by atoms with Crippen LogP contribution in [0.25, 0.3) is 0 Å². The normalized spacial score (nSPS) is 22.1. The van der Waals surface area contributed by atoms with Gasteiger partial charge in [0.1, 0.15) is 11.4 Å². The molecule has 2 rings (SSSR count). The molecule has 0 radical (unpaired) electrons. The zero-order valence-electron chi connectivity index (χ0n) is 14.1. The Hall–Kier alpha value is -1.85. The maximum absolute atomic E-state index is 11.7. The molecule has 0 N–H and O–H groups in total. The predicted molar refractivity (Wildman–Crippen MR) is 86.2 cm³/mol. The highest BCUT2D eigenvalue weighted by Crippen LogP contribution is 2.28. The molecule has 1 fully saturated rings. The Bertz CT molecular complexity index is 542. The van der Waals surface area contributed by atoms with Gasteiger partial charge in [0.05, 0.1) is 19.8 Å². The van der Waals surface area contributed by atoms with Crippen LogP contribution in [-0.4, -0.2) is 31.4 Å². The van der Waals surface area contributed by atoms with Crippen LogP contribution in [-0.2, 0) is 19.0 Å². The van der Waals surface area contributed by atoms with Gasteiger partial charge < -0.3 is 18.9 Å². The van der Waals surface area contributed by atoms with E-state index in [2.05, 4.69) is 0 Å². The first-order valence-corrected chi connectivity index (χ1v) is 7.69. The second-order valence-electron chi connectivity index (χ2n) is 6.33. The molecule has 0 aliphatic carbocycles. The third kappa shape index (κ3) is 5.69. The minimum absolute atomic E-state index is 0.177. The van der Waals surface area contributed by atoms with Crippen LogP contribution < -0.4 is 4.74 Å². The van der Waals surface area contributed by atoms with Crippen LogP contribution in [0.3, 0.4) is 0 Å². The molecule has 5 heteroatoms. The Balaban J connectivity index is 1.93. The van der Waals surface area contributed by atoms with E-state index in [4.69, 9.17) is 18.9 Å². The van der Waals surface area contributed by atoms with Gasteiger partial charge >= 0.3 is 5.97 Å². The average molecular weight is 320 g/mol. The average Bonchev–Trinajstić information content (AvgIpc) is 2.52. The summed E-state index contributed by atoms with van der Waals surface area (Å²) in [6.07, 6.45) is 3.23. The summed E-state index contributed by atoms with van der Waals surface area (Å²) in [6, 6.07) is 7.54. The summed E-state index contributed by atoms with van der Waals surface area (Å²) in [6.45, 7) is 6.08. The van der Waals surface area contributed by atoms with E-state index in [1.54, 1.807) is 13.2 Å². The van der Waals surface area contributed by atoms with E-state index in [9.17, 15) is 4.79 Å². The number of hydrogen-bond acceptors (Lipinski definition) is 5. The van der Waals surface area contributed by atoms with Crippen LogP contribution >= 0.6 is 0 Å². The molecule has 1 heterocycles. The lowest BCUT2D eigenvalue weighted by molar-refractivity contribution is -0.205. The highest BCUT2D eigenvalue weighted by atomic mass is 16.7. The van der Waals surface area contributed by atoms with Gasteiger partial charge in [-0.05, 0) is 39.0 Å². The van der Waals surface area contributed by atoms with Crippen molar-refractivity contribution in [2.75, 3.05) is 13.7 Å². The van der Waals surface area contributed by atoms with Crippen molar-refractivity contribution in [3.8, 4) is 5.75 Å². The van der Waals surface area contributed by atoms with Crippen molar-refractivity contribution >= 4 is 5.97 Å². The summed E-state index contributed by atoms with van der Waals surface area (Å²) >= 11 is 0. The molecule has 0 bridgehead atoms. The first kappa shape index (κ1) is 17.5. The molecule has 0 spiro atoms. The van der Waals surface area contributed by atoms with E-state index >= 15 is 0 Å². The summed E-state index contributed by atoms with van der Waals surface area (Å²) in [5.74, 6) is 0.416. The molecule has 1 aromatic carbocycles. The molecule has 0 amide bonds. The van der Waals surface area contributed by atoms with E-state index < -0.39 is 11.9 Å². The van der Waals surface area contributed by atoms with E-state index in [0.29, 0.717) is 13.0 Å². The monoisotopic (exact) mass is 320 g/mol. The molecule has 1 aliphatic rings. The minimum Gasteiger partial charge on any atom is -0.497 e. The number of hydrogen-bond donors (Lipinski definition) is 0. The largest absolute Gasteiger partial charge is 0.497 e. The van der Waals surface area contributed by atoms with Crippen molar-refractivity contribution in [3.05, 3.63) is 42.0 Å². The summed E-state index contributed by atoms with van der Waals surface area (Å²) < 4.78 is 21.9. The SMILES string of the molecule is COc1ccc([C@H]2OCC[C@@H](/C=C/C(=O)OC(C)(C)C)O2)cc1. The Morgan fingerprint density at radius 1 is 1.26 bits per heavy atom. The van der Waals surface area contributed by atoms with Gasteiger partial charge in [0, 0.05) is 18.1 Å². The van der Waals surface area contributed by atoms with Gasteiger partial charge in [0.15, 0.2) is 6.29 Å². The summed E-state index contributed by atoms with van der Waals surface area (Å²) in [7, 11) is 1.63. The molecule has 2 atom stereocenters. The van der Waals surface area contributed by atoms with E-state index in [0.717, 1.165) is 11.3 Å². The molecule has 1 aliphatic heterocycles. The highest BCUT2D eigenvalue weighted by Gasteiger charge is 2.23. The van der Waals surface area contributed by atoms with Crippen LogP contribution in [0, 0.1) is 0 Å². The summed E-state index contributed by atoms with van der Waals surface area (Å²) in [4.78, 5) is 11.7. The molecule has 0 aromatic heterocycles. The third-order valence-corrected chi connectivity index (χ3v) is 3.21. The van der Waals surface area contributed by atoms with Gasteiger partial charge in [-0.25, -0.2) is 4.79 Å². The number of ether oxygens (including phenoxy) is 4. The van der Waals surface area contributed by atoms with Crippen LogP contribution in [0.5, 0.6) is 5.75 Å². The second kappa shape index (κ2) is 7.62. The number of rotatable bonds is 4. The number of methoxy groups -OCH3 is 1. The fourth-order valence-electron chi connectivity index (χ4n) is 2.16. The lowest BCUT2D eigenvalue weighted by Crippen LogP contribution is -2.26. The van der Waals surface area contributed by atoms with Gasteiger partial charge in [-0.3, -0.25) is 0 Å². The molecule has 1 aromatic rings. The molecule has 1 saturated heterocycles. The van der Waals surface area contributed by atoms with Gasteiger partial charge in [0.25, 0.3) is 0 Å². The Labute approximate surface area is 137 Å². The smallest absolute Gasteiger partial charge is 0.331 e. The zero-order valence-corrected chi connectivity index (χ0v) is 14.1. The lowest BCUT2D eigenvalue weighted by Gasteiger charge is -2.29. The Kier molecular flexibility index (Phi) is 5.80. The third-order valence-electron chi connectivity index (χ3n) is 3.21. The van der Waals surface area contributed by atoms with Crippen molar-refractivity contribution in [3.63, 3.8) is 0 Å². The number of carbonyl (C=O) groups excluding carboxylic acids is 1. The molecule has 5 nitrogen and oxygen atoms in total.